The lowest BCUT2D eigenvalue weighted by Crippen LogP contribution is -2.30. The zero-order valence-corrected chi connectivity index (χ0v) is 17.5. The highest BCUT2D eigenvalue weighted by molar-refractivity contribution is 6.48. The summed E-state index contributed by atoms with van der Waals surface area (Å²) in [4.78, 5) is 20.2. The topological polar surface area (TPSA) is 44.7 Å². The van der Waals surface area contributed by atoms with Crippen LogP contribution in [0.1, 0.15) is 43.0 Å². The first kappa shape index (κ1) is 19.4. The number of carbonyl (C=O) groups excluding carboxylic acids is 1. The van der Waals surface area contributed by atoms with Crippen LogP contribution in [0.2, 0.25) is 0 Å². The number of nitrogens with one attached hydrogen (secondary N) is 1. The number of aryl methyl sites for hydroxylation is 1. The van der Waals surface area contributed by atoms with Crippen molar-refractivity contribution in [1.82, 2.24) is 10.2 Å². The van der Waals surface area contributed by atoms with Crippen LogP contribution in [0.4, 0.5) is 0 Å². The predicted octanol–water partition coefficient (Wildman–Crippen LogP) is 4.42. The zero-order chi connectivity index (χ0) is 20.4. The Bertz CT molecular complexity index is 942. The van der Waals surface area contributed by atoms with Gasteiger partial charge in [-0.3, -0.25) is 9.79 Å². The predicted molar refractivity (Wildman–Crippen MR) is 118 cm³/mol. The van der Waals surface area contributed by atoms with E-state index in [-0.39, 0.29) is 11.9 Å². The molecule has 0 aromatic heterocycles. The van der Waals surface area contributed by atoms with Crippen LogP contribution in [0.5, 0.6) is 0 Å². The van der Waals surface area contributed by atoms with E-state index in [1.54, 1.807) is 0 Å². The highest BCUT2D eigenvalue weighted by Gasteiger charge is 2.44. The fourth-order valence-corrected chi connectivity index (χ4v) is 4.21. The van der Waals surface area contributed by atoms with Crippen molar-refractivity contribution in [3.05, 3.63) is 82.6 Å². The molecule has 2 aliphatic heterocycles. The lowest BCUT2D eigenvalue weighted by molar-refractivity contribution is -0.124. The van der Waals surface area contributed by atoms with Gasteiger partial charge in [0.15, 0.2) is 0 Å². The monoisotopic (exact) mass is 387 g/mol. The van der Waals surface area contributed by atoms with Crippen LogP contribution in [0.15, 0.2) is 70.9 Å². The molecule has 1 unspecified atom stereocenters. The summed E-state index contributed by atoms with van der Waals surface area (Å²) in [5.74, 6) is 0.542. The van der Waals surface area contributed by atoms with Crippen molar-refractivity contribution in [2.45, 2.75) is 39.8 Å². The molecule has 0 aliphatic carbocycles. The molecule has 1 saturated heterocycles. The van der Waals surface area contributed by atoms with Gasteiger partial charge in [-0.05, 0) is 30.4 Å². The second kappa shape index (κ2) is 8.24. The first-order valence-corrected chi connectivity index (χ1v) is 10.5. The minimum absolute atomic E-state index is 0.0411. The van der Waals surface area contributed by atoms with Crippen molar-refractivity contribution < 1.29 is 4.79 Å². The molecular weight excluding hydrogens is 358 g/mol. The van der Waals surface area contributed by atoms with Gasteiger partial charge in [0.2, 0.25) is 0 Å². The number of nitrogens with zero attached hydrogens (tertiary/aromatic N) is 2. The normalized spacial score (nSPS) is 19.2. The van der Waals surface area contributed by atoms with E-state index in [9.17, 15) is 4.79 Å². The van der Waals surface area contributed by atoms with E-state index >= 15 is 0 Å². The lowest BCUT2D eigenvalue weighted by Gasteiger charge is -2.27. The Balaban J connectivity index is 1.85. The van der Waals surface area contributed by atoms with E-state index in [2.05, 4.69) is 62.5 Å². The number of rotatable bonds is 5. The Morgan fingerprint density at radius 1 is 1.10 bits per heavy atom. The molecular formula is C25H29N3O. The third kappa shape index (κ3) is 3.98. The van der Waals surface area contributed by atoms with Gasteiger partial charge in [-0.25, -0.2) is 0 Å². The molecule has 0 saturated carbocycles. The molecule has 4 nitrogen and oxygen atoms in total. The summed E-state index contributed by atoms with van der Waals surface area (Å²) in [6.45, 7) is 8.52. The number of hydrogen-bond acceptors (Lipinski definition) is 3. The fraction of sp³-hybridized carbons (Fsp3) is 0.360. The highest BCUT2D eigenvalue weighted by Crippen LogP contribution is 2.40. The number of aliphatic imine (C=N–C) groups is 1. The number of likely N-dealkylation sites (tertiary alicyclic amines) is 1. The quantitative estimate of drug-likeness (QED) is 0.825. The average Bonchev–Trinajstić information content (AvgIpc) is 2.84. The van der Waals surface area contributed by atoms with E-state index in [4.69, 9.17) is 4.99 Å². The van der Waals surface area contributed by atoms with Gasteiger partial charge in [-0.1, -0.05) is 74.0 Å². The molecule has 2 aromatic carbocycles. The van der Waals surface area contributed by atoms with E-state index in [0.717, 1.165) is 29.7 Å². The second-order valence-corrected chi connectivity index (χ2v) is 8.38. The average molecular weight is 388 g/mol. The largest absolute Gasteiger partial charge is 0.386 e. The molecule has 150 valence electrons. The molecule has 1 atom stereocenters. The van der Waals surface area contributed by atoms with Crippen molar-refractivity contribution in [2.75, 3.05) is 13.1 Å². The molecule has 4 rings (SSSR count). The van der Waals surface area contributed by atoms with Crippen LogP contribution in [-0.4, -0.2) is 29.6 Å². The number of amides is 1. The molecule has 2 aliphatic rings. The van der Waals surface area contributed by atoms with E-state index in [1.165, 1.54) is 11.3 Å². The van der Waals surface area contributed by atoms with Gasteiger partial charge < -0.3 is 10.2 Å². The SMILES string of the molecule is Cc1ccc(C2C3=C(CC(C)C)NCCN=C3C(=O)N2Cc2ccccc2)cc1. The molecule has 1 N–H and O–H groups in total. The molecule has 0 spiro atoms. The summed E-state index contributed by atoms with van der Waals surface area (Å²) in [6, 6.07) is 18.7. The van der Waals surface area contributed by atoms with E-state index < -0.39 is 0 Å². The standard InChI is InChI=1S/C25H29N3O/c1-17(2)15-21-22-23(27-14-13-26-21)25(29)28(16-19-7-5-4-6-8-19)24(22)20-11-9-18(3)10-12-20/h4-12,17,24,26H,13-16H2,1-3H3. The number of hydrogen-bond donors (Lipinski definition) is 1. The highest BCUT2D eigenvalue weighted by atomic mass is 16.2. The summed E-state index contributed by atoms with van der Waals surface area (Å²) < 4.78 is 0. The summed E-state index contributed by atoms with van der Waals surface area (Å²) in [5, 5.41) is 3.59. The molecule has 2 heterocycles. The first-order chi connectivity index (χ1) is 14.0. The van der Waals surface area contributed by atoms with Crippen LogP contribution in [0.25, 0.3) is 0 Å². The molecule has 1 fully saturated rings. The maximum atomic E-state index is 13.5. The maximum absolute atomic E-state index is 13.5. The molecule has 2 aromatic rings. The minimum Gasteiger partial charge on any atom is -0.386 e. The van der Waals surface area contributed by atoms with Crippen molar-refractivity contribution in [3.63, 3.8) is 0 Å². The molecule has 29 heavy (non-hydrogen) atoms. The van der Waals surface area contributed by atoms with Gasteiger partial charge in [0.25, 0.3) is 5.91 Å². The summed E-state index contributed by atoms with van der Waals surface area (Å²) in [5.41, 5.74) is 6.38. The maximum Gasteiger partial charge on any atom is 0.273 e. The van der Waals surface area contributed by atoms with Crippen LogP contribution in [-0.2, 0) is 11.3 Å². The van der Waals surface area contributed by atoms with Gasteiger partial charge in [0.05, 0.1) is 12.6 Å². The third-order valence-corrected chi connectivity index (χ3v) is 5.55. The van der Waals surface area contributed by atoms with Crippen molar-refractivity contribution in [1.29, 1.82) is 0 Å². The summed E-state index contributed by atoms with van der Waals surface area (Å²) >= 11 is 0. The second-order valence-electron chi connectivity index (χ2n) is 8.38. The van der Waals surface area contributed by atoms with Gasteiger partial charge in [-0.2, -0.15) is 0 Å². The summed E-state index contributed by atoms with van der Waals surface area (Å²) in [6.07, 6.45) is 0.920. The van der Waals surface area contributed by atoms with Gasteiger partial charge >= 0.3 is 0 Å². The molecule has 1 amide bonds. The molecule has 0 radical (unpaired) electrons. The number of allylic oxidation sites excluding steroid dienone is 1. The Hall–Kier alpha value is -2.88. The molecule has 0 bridgehead atoms. The number of benzene rings is 2. The van der Waals surface area contributed by atoms with Crippen LogP contribution in [0, 0.1) is 12.8 Å². The van der Waals surface area contributed by atoms with Crippen molar-refractivity contribution >= 4 is 11.6 Å². The lowest BCUT2D eigenvalue weighted by atomic mass is 9.93. The Morgan fingerprint density at radius 2 is 1.83 bits per heavy atom. The van der Waals surface area contributed by atoms with Crippen molar-refractivity contribution in [3.8, 4) is 0 Å². The van der Waals surface area contributed by atoms with Crippen LogP contribution in [0.3, 0.4) is 0 Å². The number of carbonyl (C=O) groups is 1. The summed E-state index contributed by atoms with van der Waals surface area (Å²) in [7, 11) is 0. The first-order valence-electron chi connectivity index (χ1n) is 10.5. The number of fused-ring (bicyclic) bond motifs is 1. The van der Waals surface area contributed by atoms with Crippen molar-refractivity contribution in [2.24, 2.45) is 10.9 Å². The Labute approximate surface area is 173 Å². The van der Waals surface area contributed by atoms with Crippen LogP contribution < -0.4 is 5.32 Å². The fourth-order valence-electron chi connectivity index (χ4n) is 4.21. The molecule has 4 heteroatoms. The van der Waals surface area contributed by atoms with Gasteiger partial charge in [0.1, 0.15) is 5.71 Å². The van der Waals surface area contributed by atoms with E-state index in [1.807, 2.05) is 23.1 Å². The Kier molecular flexibility index (Phi) is 5.52. The third-order valence-electron chi connectivity index (χ3n) is 5.55. The smallest absolute Gasteiger partial charge is 0.273 e. The Morgan fingerprint density at radius 3 is 2.52 bits per heavy atom. The minimum atomic E-state index is -0.110. The van der Waals surface area contributed by atoms with Crippen LogP contribution >= 0.6 is 0 Å². The van der Waals surface area contributed by atoms with E-state index in [0.29, 0.717) is 24.7 Å². The zero-order valence-electron chi connectivity index (χ0n) is 17.5. The van der Waals surface area contributed by atoms with Gasteiger partial charge in [-0.15, -0.1) is 0 Å². The van der Waals surface area contributed by atoms with Gasteiger partial charge in [0, 0.05) is 24.4 Å².